The summed E-state index contributed by atoms with van der Waals surface area (Å²) in [4.78, 5) is 9.75. The maximum Gasteiger partial charge on any atom is 0.241 e. The first kappa shape index (κ1) is 21.2. The van der Waals surface area contributed by atoms with Gasteiger partial charge in [-0.1, -0.05) is 54.8 Å². The van der Waals surface area contributed by atoms with Gasteiger partial charge in [0, 0.05) is 37.8 Å². The van der Waals surface area contributed by atoms with Crippen LogP contribution in [-0.2, 0) is 13.2 Å². The monoisotopic (exact) mass is 432 g/mol. The minimum atomic E-state index is 0.556. The van der Waals surface area contributed by atoms with Crippen molar-refractivity contribution in [2.75, 3.05) is 26.2 Å². The van der Waals surface area contributed by atoms with Crippen molar-refractivity contribution in [1.82, 2.24) is 19.9 Å². The number of nitrogens with zero attached hydrogens (tertiary/aromatic N) is 4. The average Bonchev–Trinajstić information content (AvgIpc) is 3.33. The standard InChI is InChI=1S/C26H32N4O2/c1-3-7-21(8-4-1)20-31-24-13-11-22(12-14-24)26-27-25(32-28-26)19-29-15-17-30(18-16-29)23-9-5-2-6-10-23/h1,3-4,7-8,11-14,23H,2,5-6,9-10,15-20H2. The van der Waals surface area contributed by atoms with E-state index in [0.29, 0.717) is 18.3 Å². The molecule has 1 aliphatic carbocycles. The van der Waals surface area contributed by atoms with Gasteiger partial charge in [0.25, 0.3) is 0 Å². The molecule has 1 aromatic heterocycles. The molecule has 2 fully saturated rings. The van der Waals surface area contributed by atoms with Crippen LogP contribution in [0.1, 0.15) is 43.6 Å². The molecule has 2 heterocycles. The summed E-state index contributed by atoms with van der Waals surface area (Å²) in [5.41, 5.74) is 2.09. The van der Waals surface area contributed by atoms with Crippen LogP contribution in [0.15, 0.2) is 59.1 Å². The second-order valence-corrected chi connectivity index (χ2v) is 8.91. The Hall–Kier alpha value is -2.70. The average molecular weight is 433 g/mol. The van der Waals surface area contributed by atoms with Gasteiger partial charge in [0.2, 0.25) is 11.7 Å². The molecule has 0 amide bonds. The van der Waals surface area contributed by atoms with Crippen LogP contribution in [0, 0.1) is 0 Å². The van der Waals surface area contributed by atoms with E-state index in [-0.39, 0.29) is 0 Å². The van der Waals surface area contributed by atoms with Crippen LogP contribution in [0.2, 0.25) is 0 Å². The maximum atomic E-state index is 5.87. The molecule has 32 heavy (non-hydrogen) atoms. The molecule has 1 aliphatic heterocycles. The molecule has 0 spiro atoms. The fourth-order valence-corrected chi connectivity index (χ4v) is 4.80. The fourth-order valence-electron chi connectivity index (χ4n) is 4.80. The lowest BCUT2D eigenvalue weighted by atomic mass is 9.94. The molecule has 5 rings (SSSR count). The first-order chi connectivity index (χ1) is 15.8. The number of aromatic nitrogens is 2. The molecule has 0 radical (unpaired) electrons. The van der Waals surface area contributed by atoms with Crippen molar-refractivity contribution in [3.8, 4) is 17.1 Å². The lowest BCUT2D eigenvalue weighted by molar-refractivity contribution is 0.0702. The first-order valence-electron chi connectivity index (χ1n) is 11.9. The molecule has 3 aromatic rings. The topological polar surface area (TPSA) is 54.6 Å². The number of benzene rings is 2. The van der Waals surface area contributed by atoms with E-state index in [4.69, 9.17) is 9.26 Å². The SMILES string of the molecule is c1ccc(COc2ccc(-c3noc(CN4CCN(C5CCCCC5)CC4)n3)cc2)cc1. The summed E-state index contributed by atoms with van der Waals surface area (Å²) in [5, 5.41) is 4.20. The Bertz CT molecular complexity index is 959. The number of rotatable bonds is 7. The van der Waals surface area contributed by atoms with E-state index in [1.807, 2.05) is 42.5 Å². The first-order valence-corrected chi connectivity index (χ1v) is 11.9. The quantitative estimate of drug-likeness (QED) is 0.536. The Balaban J connectivity index is 1.11. The minimum Gasteiger partial charge on any atom is -0.489 e. The Morgan fingerprint density at radius 3 is 2.38 bits per heavy atom. The summed E-state index contributed by atoms with van der Waals surface area (Å²) in [6, 6.07) is 18.9. The molecule has 0 bridgehead atoms. The third-order valence-electron chi connectivity index (χ3n) is 6.69. The number of piperazine rings is 1. The normalized spacial score (nSPS) is 18.6. The van der Waals surface area contributed by atoms with Gasteiger partial charge in [0.1, 0.15) is 12.4 Å². The van der Waals surface area contributed by atoms with Gasteiger partial charge in [0.05, 0.1) is 6.54 Å². The van der Waals surface area contributed by atoms with Gasteiger partial charge in [-0.2, -0.15) is 4.98 Å². The van der Waals surface area contributed by atoms with Crippen LogP contribution in [0.3, 0.4) is 0 Å². The van der Waals surface area contributed by atoms with Crippen molar-refractivity contribution in [1.29, 1.82) is 0 Å². The predicted octanol–water partition coefficient (Wildman–Crippen LogP) is 4.77. The molecule has 6 heteroatoms. The Labute approximate surface area is 190 Å². The molecule has 0 atom stereocenters. The summed E-state index contributed by atoms with van der Waals surface area (Å²) in [6.45, 7) is 5.72. The van der Waals surface area contributed by atoms with E-state index in [9.17, 15) is 0 Å². The lowest BCUT2D eigenvalue weighted by Gasteiger charge is -2.40. The van der Waals surface area contributed by atoms with Crippen molar-refractivity contribution < 1.29 is 9.26 Å². The van der Waals surface area contributed by atoms with Crippen molar-refractivity contribution in [3.05, 3.63) is 66.1 Å². The van der Waals surface area contributed by atoms with Crippen molar-refractivity contribution in [2.45, 2.75) is 51.3 Å². The van der Waals surface area contributed by atoms with E-state index < -0.39 is 0 Å². The molecule has 6 nitrogen and oxygen atoms in total. The summed E-state index contributed by atoms with van der Waals surface area (Å²) in [7, 11) is 0. The third-order valence-corrected chi connectivity index (χ3v) is 6.69. The predicted molar refractivity (Wildman–Crippen MR) is 124 cm³/mol. The Morgan fingerprint density at radius 2 is 1.62 bits per heavy atom. The number of ether oxygens (including phenoxy) is 1. The highest BCUT2D eigenvalue weighted by Crippen LogP contribution is 2.24. The molecule has 0 unspecified atom stereocenters. The van der Waals surface area contributed by atoms with E-state index in [1.54, 1.807) is 0 Å². The van der Waals surface area contributed by atoms with Crippen LogP contribution >= 0.6 is 0 Å². The largest absolute Gasteiger partial charge is 0.489 e. The van der Waals surface area contributed by atoms with Gasteiger partial charge in [-0.15, -0.1) is 0 Å². The van der Waals surface area contributed by atoms with Gasteiger partial charge in [-0.25, -0.2) is 0 Å². The van der Waals surface area contributed by atoms with Crippen molar-refractivity contribution in [2.24, 2.45) is 0 Å². The summed E-state index contributed by atoms with van der Waals surface area (Å²) >= 11 is 0. The number of hydrogen-bond donors (Lipinski definition) is 0. The van der Waals surface area contributed by atoms with Crippen LogP contribution < -0.4 is 4.74 Å². The highest BCUT2D eigenvalue weighted by molar-refractivity contribution is 5.55. The Kier molecular flexibility index (Phi) is 6.80. The van der Waals surface area contributed by atoms with Gasteiger partial charge in [-0.3, -0.25) is 9.80 Å². The van der Waals surface area contributed by atoms with Gasteiger partial charge < -0.3 is 9.26 Å². The maximum absolute atomic E-state index is 5.87. The zero-order chi connectivity index (χ0) is 21.6. The molecule has 168 valence electrons. The van der Waals surface area contributed by atoms with Crippen LogP contribution in [0.5, 0.6) is 5.75 Å². The van der Waals surface area contributed by atoms with E-state index in [2.05, 4.69) is 32.1 Å². The van der Waals surface area contributed by atoms with Gasteiger partial charge in [-0.05, 0) is 42.7 Å². The smallest absolute Gasteiger partial charge is 0.241 e. The highest BCUT2D eigenvalue weighted by Gasteiger charge is 2.25. The molecule has 0 N–H and O–H groups in total. The molecule has 2 aliphatic rings. The van der Waals surface area contributed by atoms with E-state index >= 15 is 0 Å². The second kappa shape index (κ2) is 10.3. The molecular formula is C26H32N4O2. The molecular weight excluding hydrogens is 400 g/mol. The van der Waals surface area contributed by atoms with Crippen LogP contribution in [0.25, 0.3) is 11.4 Å². The molecule has 1 saturated carbocycles. The minimum absolute atomic E-state index is 0.556. The zero-order valence-electron chi connectivity index (χ0n) is 18.7. The van der Waals surface area contributed by atoms with Crippen molar-refractivity contribution >= 4 is 0 Å². The molecule has 1 saturated heterocycles. The lowest BCUT2D eigenvalue weighted by Crippen LogP contribution is -2.50. The highest BCUT2D eigenvalue weighted by atomic mass is 16.5. The molecule has 2 aromatic carbocycles. The summed E-state index contributed by atoms with van der Waals surface area (Å²) < 4.78 is 11.4. The van der Waals surface area contributed by atoms with E-state index in [1.165, 1.54) is 32.1 Å². The second-order valence-electron chi connectivity index (χ2n) is 8.91. The third kappa shape index (κ3) is 5.37. The van der Waals surface area contributed by atoms with Crippen molar-refractivity contribution in [3.63, 3.8) is 0 Å². The van der Waals surface area contributed by atoms with Crippen LogP contribution in [-0.4, -0.2) is 52.2 Å². The number of hydrogen-bond acceptors (Lipinski definition) is 6. The van der Waals surface area contributed by atoms with Crippen LogP contribution in [0.4, 0.5) is 0 Å². The fraction of sp³-hybridized carbons (Fsp3) is 0.462. The van der Waals surface area contributed by atoms with Gasteiger partial charge in [0.15, 0.2) is 0 Å². The van der Waals surface area contributed by atoms with Gasteiger partial charge >= 0.3 is 0 Å². The Morgan fingerprint density at radius 1 is 0.875 bits per heavy atom. The zero-order valence-corrected chi connectivity index (χ0v) is 18.7. The summed E-state index contributed by atoms with van der Waals surface area (Å²) in [5.74, 6) is 2.16. The summed E-state index contributed by atoms with van der Waals surface area (Å²) in [6.07, 6.45) is 6.97. The van der Waals surface area contributed by atoms with E-state index in [0.717, 1.165) is 55.6 Å².